The third kappa shape index (κ3) is 4.87. The molecular weight excluding hydrogens is 433 g/mol. The molecule has 4 aromatic rings. The van der Waals surface area contributed by atoms with Crippen LogP contribution >= 0.6 is 0 Å². The smallest absolute Gasteiger partial charge is 0.337 e. The molecule has 3 aromatic carbocycles. The summed E-state index contributed by atoms with van der Waals surface area (Å²) in [6.07, 6.45) is 3.41. The molecule has 34 heavy (non-hydrogen) atoms. The van der Waals surface area contributed by atoms with Crippen molar-refractivity contribution in [2.24, 2.45) is 0 Å². The van der Waals surface area contributed by atoms with Gasteiger partial charge in [0.1, 0.15) is 17.5 Å². The number of anilines is 1. The van der Waals surface area contributed by atoms with Crippen molar-refractivity contribution in [3.05, 3.63) is 107 Å². The van der Waals surface area contributed by atoms with Gasteiger partial charge in [0.15, 0.2) is 0 Å². The number of fused-ring (bicyclic) bond motifs is 1. The number of nitriles is 1. The maximum Gasteiger partial charge on any atom is 0.337 e. The Balaban J connectivity index is 1.61. The monoisotopic (exact) mass is 453 g/mol. The van der Waals surface area contributed by atoms with Crippen molar-refractivity contribution in [2.75, 3.05) is 12.4 Å². The van der Waals surface area contributed by atoms with Crippen LogP contribution in [0.15, 0.2) is 84.6 Å². The zero-order chi connectivity index (χ0) is 24.1. The fraction of sp³-hybridized carbons (Fsp3) is 0.0741. The van der Waals surface area contributed by atoms with Crippen molar-refractivity contribution < 1.29 is 18.7 Å². The first-order valence-corrected chi connectivity index (χ1v) is 10.4. The molecule has 0 aliphatic heterocycles. The van der Waals surface area contributed by atoms with Crippen LogP contribution in [0.1, 0.15) is 21.5 Å². The first kappa shape index (κ1) is 22.5. The molecule has 1 N–H and O–H groups in total. The summed E-state index contributed by atoms with van der Waals surface area (Å²) in [4.78, 5) is 24.3. The van der Waals surface area contributed by atoms with Crippen LogP contribution in [0.3, 0.4) is 0 Å². The lowest BCUT2D eigenvalue weighted by Crippen LogP contribution is -2.13. The van der Waals surface area contributed by atoms with Gasteiger partial charge >= 0.3 is 5.97 Å². The highest BCUT2D eigenvalue weighted by atomic mass is 19.1. The maximum atomic E-state index is 13.3. The molecule has 0 saturated heterocycles. The number of nitrogens with one attached hydrogen (secondary N) is 1. The predicted octanol–water partition coefficient (Wildman–Crippen LogP) is 5.16. The topological polar surface area (TPSA) is 84.1 Å². The summed E-state index contributed by atoms with van der Waals surface area (Å²) in [5.74, 6) is -1.34. The molecule has 0 aliphatic carbocycles. The van der Waals surface area contributed by atoms with Gasteiger partial charge in [-0.25, -0.2) is 9.18 Å². The third-order valence-corrected chi connectivity index (χ3v) is 5.31. The van der Waals surface area contributed by atoms with Crippen LogP contribution in [-0.2, 0) is 16.1 Å². The van der Waals surface area contributed by atoms with E-state index in [2.05, 4.69) is 10.1 Å². The predicted molar refractivity (Wildman–Crippen MR) is 127 cm³/mol. The Bertz CT molecular complexity index is 1430. The molecule has 168 valence electrons. The standard InChI is InChI=1S/C27H20FN3O3/c1-34-27(33)19-8-12-23(13-9-19)30-26(32)20(15-29)14-21-17-31(25-5-3-2-4-24(21)25)16-18-6-10-22(28)11-7-18/h2-14,17H,16H2,1H3,(H,30,32). The molecular formula is C27H20FN3O3. The molecule has 0 aliphatic rings. The van der Waals surface area contributed by atoms with Gasteiger partial charge < -0.3 is 14.6 Å². The lowest BCUT2D eigenvalue weighted by atomic mass is 10.1. The summed E-state index contributed by atoms with van der Waals surface area (Å²) in [7, 11) is 1.29. The zero-order valence-corrected chi connectivity index (χ0v) is 18.3. The molecule has 1 amide bonds. The van der Waals surface area contributed by atoms with Crippen molar-refractivity contribution in [3.63, 3.8) is 0 Å². The van der Waals surface area contributed by atoms with Crippen LogP contribution in [0.25, 0.3) is 17.0 Å². The Morgan fingerprint density at radius 2 is 1.76 bits per heavy atom. The van der Waals surface area contributed by atoms with E-state index < -0.39 is 11.9 Å². The number of hydrogen-bond acceptors (Lipinski definition) is 4. The Labute approximate surface area is 195 Å². The molecule has 0 spiro atoms. The first-order chi connectivity index (χ1) is 16.5. The summed E-state index contributed by atoms with van der Waals surface area (Å²) >= 11 is 0. The number of ether oxygens (including phenoxy) is 1. The van der Waals surface area contributed by atoms with E-state index in [1.54, 1.807) is 30.3 Å². The minimum atomic E-state index is -0.566. The minimum absolute atomic E-state index is 0.0678. The van der Waals surface area contributed by atoms with Crippen LogP contribution in [0.2, 0.25) is 0 Å². The molecule has 7 heteroatoms. The van der Waals surface area contributed by atoms with Crippen LogP contribution in [0.4, 0.5) is 10.1 Å². The molecule has 0 bridgehead atoms. The van der Waals surface area contributed by atoms with E-state index >= 15 is 0 Å². The Morgan fingerprint density at radius 1 is 1.06 bits per heavy atom. The third-order valence-electron chi connectivity index (χ3n) is 5.31. The van der Waals surface area contributed by atoms with Crippen molar-refractivity contribution in [1.29, 1.82) is 5.26 Å². The number of rotatable bonds is 6. The largest absolute Gasteiger partial charge is 0.465 e. The molecule has 1 aromatic heterocycles. The van der Waals surface area contributed by atoms with E-state index in [0.717, 1.165) is 16.5 Å². The molecule has 4 rings (SSSR count). The van der Waals surface area contributed by atoms with Gasteiger partial charge in [-0.3, -0.25) is 4.79 Å². The first-order valence-electron chi connectivity index (χ1n) is 10.4. The highest BCUT2D eigenvalue weighted by Gasteiger charge is 2.14. The van der Waals surface area contributed by atoms with Gasteiger partial charge in [-0.2, -0.15) is 5.26 Å². The number of carbonyl (C=O) groups is 2. The van der Waals surface area contributed by atoms with E-state index in [0.29, 0.717) is 23.4 Å². The minimum Gasteiger partial charge on any atom is -0.465 e. The summed E-state index contributed by atoms with van der Waals surface area (Å²) in [6, 6.07) is 22.1. The van der Waals surface area contributed by atoms with Gasteiger partial charge in [0, 0.05) is 34.9 Å². The Kier molecular flexibility index (Phi) is 6.51. The van der Waals surface area contributed by atoms with Gasteiger partial charge in [-0.05, 0) is 54.1 Å². The van der Waals surface area contributed by atoms with Gasteiger partial charge in [0.25, 0.3) is 5.91 Å². The molecule has 0 radical (unpaired) electrons. The van der Waals surface area contributed by atoms with Crippen molar-refractivity contribution in [2.45, 2.75) is 6.54 Å². The molecule has 6 nitrogen and oxygen atoms in total. The van der Waals surface area contributed by atoms with Gasteiger partial charge in [-0.1, -0.05) is 30.3 Å². The number of halogens is 1. The van der Waals surface area contributed by atoms with E-state index in [4.69, 9.17) is 0 Å². The number of esters is 1. The number of nitrogens with zero attached hydrogens (tertiary/aromatic N) is 2. The fourth-order valence-corrected chi connectivity index (χ4v) is 3.62. The molecule has 0 saturated carbocycles. The average Bonchev–Trinajstić information content (AvgIpc) is 3.20. The van der Waals surface area contributed by atoms with E-state index in [1.807, 2.05) is 41.1 Å². The maximum absolute atomic E-state index is 13.3. The molecule has 1 heterocycles. The van der Waals surface area contributed by atoms with Crippen molar-refractivity contribution in [3.8, 4) is 6.07 Å². The number of hydrogen-bond donors (Lipinski definition) is 1. The normalized spacial score (nSPS) is 11.1. The SMILES string of the molecule is COC(=O)c1ccc(NC(=O)C(C#N)=Cc2cn(Cc3ccc(F)cc3)c3ccccc23)cc1. The molecule has 0 atom stereocenters. The van der Waals surface area contributed by atoms with Gasteiger partial charge in [-0.15, -0.1) is 0 Å². The lowest BCUT2D eigenvalue weighted by molar-refractivity contribution is -0.112. The number of amides is 1. The highest BCUT2D eigenvalue weighted by molar-refractivity contribution is 6.11. The van der Waals surface area contributed by atoms with E-state index in [1.165, 1.54) is 31.4 Å². The summed E-state index contributed by atoms with van der Waals surface area (Å²) in [6.45, 7) is 0.509. The second-order valence-corrected chi connectivity index (χ2v) is 7.55. The fourth-order valence-electron chi connectivity index (χ4n) is 3.62. The Morgan fingerprint density at radius 3 is 2.44 bits per heavy atom. The number of para-hydroxylation sites is 1. The van der Waals surface area contributed by atoms with Gasteiger partial charge in [0.2, 0.25) is 0 Å². The average molecular weight is 453 g/mol. The van der Waals surface area contributed by atoms with Crippen molar-refractivity contribution in [1.82, 2.24) is 4.57 Å². The second-order valence-electron chi connectivity index (χ2n) is 7.55. The summed E-state index contributed by atoms with van der Waals surface area (Å²) in [5.41, 5.74) is 3.29. The van der Waals surface area contributed by atoms with Crippen LogP contribution in [0, 0.1) is 17.1 Å². The summed E-state index contributed by atoms with van der Waals surface area (Å²) in [5, 5.41) is 13.2. The van der Waals surface area contributed by atoms with Crippen molar-refractivity contribution >= 4 is 34.5 Å². The molecule has 0 unspecified atom stereocenters. The number of carbonyl (C=O) groups excluding carboxylic acids is 2. The van der Waals surface area contributed by atoms with Crippen LogP contribution < -0.4 is 5.32 Å². The van der Waals surface area contributed by atoms with E-state index in [-0.39, 0.29) is 11.4 Å². The number of benzene rings is 3. The zero-order valence-electron chi connectivity index (χ0n) is 18.3. The van der Waals surface area contributed by atoms with Crippen LogP contribution in [-0.4, -0.2) is 23.6 Å². The van der Waals surface area contributed by atoms with E-state index in [9.17, 15) is 19.2 Å². The number of aromatic nitrogens is 1. The quantitative estimate of drug-likeness (QED) is 0.248. The van der Waals surface area contributed by atoms with Crippen LogP contribution in [0.5, 0.6) is 0 Å². The second kappa shape index (κ2) is 9.84. The Hall–Kier alpha value is -4.70. The summed E-state index contributed by atoms with van der Waals surface area (Å²) < 4.78 is 19.9. The lowest BCUT2D eigenvalue weighted by Gasteiger charge is -2.05. The molecule has 0 fully saturated rings. The highest BCUT2D eigenvalue weighted by Crippen LogP contribution is 2.25. The number of methoxy groups -OCH3 is 1. The van der Waals surface area contributed by atoms with Gasteiger partial charge in [0.05, 0.1) is 12.7 Å².